The molecule has 0 unspecified atom stereocenters. The second-order valence-electron chi connectivity index (χ2n) is 4.72. The second-order valence-corrected chi connectivity index (χ2v) is 4.72. The van der Waals surface area contributed by atoms with Crippen molar-refractivity contribution in [3.05, 3.63) is 46.6 Å². The fourth-order valence-electron chi connectivity index (χ4n) is 2.06. The van der Waals surface area contributed by atoms with Gasteiger partial charge in [-0.25, -0.2) is 0 Å². The first-order chi connectivity index (χ1) is 9.48. The Morgan fingerprint density at radius 1 is 0.773 bits per heavy atom. The maximum Gasteiger partial charge on any atom is 1.00 e. The van der Waals surface area contributed by atoms with E-state index in [1.165, 1.54) is 0 Å². The summed E-state index contributed by atoms with van der Waals surface area (Å²) in [5, 5.41) is 0. The van der Waals surface area contributed by atoms with Gasteiger partial charge in [0.2, 0.25) is 0 Å². The number of nitrogens with zero attached hydrogens (tertiary/aromatic N) is 1. The van der Waals surface area contributed by atoms with E-state index in [0.29, 0.717) is 23.4 Å². The summed E-state index contributed by atoms with van der Waals surface area (Å²) in [6.07, 6.45) is -9.71. The van der Waals surface area contributed by atoms with Gasteiger partial charge in [0.15, 0.2) is 0 Å². The zero-order valence-electron chi connectivity index (χ0n) is 12.0. The van der Waals surface area contributed by atoms with Gasteiger partial charge in [0.05, 0.1) is 11.1 Å². The Morgan fingerprint density at radius 2 is 1.23 bits per heavy atom. The summed E-state index contributed by atoms with van der Waals surface area (Å²) >= 11 is 0. The zero-order valence-corrected chi connectivity index (χ0v) is 14.0. The van der Waals surface area contributed by atoms with Crippen LogP contribution in [0.25, 0.3) is 11.3 Å². The van der Waals surface area contributed by atoms with Crippen molar-refractivity contribution >= 4 is 0 Å². The van der Waals surface area contributed by atoms with E-state index in [9.17, 15) is 26.3 Å². The molecule has 0 amide bonds. The van der Waals surface area contributed by atoms with Crippen LogP contribution in [0.15, 0.2) is 24.3 Å². The number of benzene rings is 1. The number of halogens is 6. The molecule has 0 spiro atoms. The largest absolute Gasteiger partial charge is 1.00 e. The van der Waals surface area contributed by atoms with E-state index in [0.717, 1.165) is 0 Å². The molecule has 2 aromatic rings. The Hall–Kier alpha value is -0.920. The van der Waals surface area contributed by atoms with Crippen LogP contribution < -0.4 is 34.5 Å². The van der Waals surface area contributed by atoms with E-state index < -0.39 is 23.5 Å². The topological polar surface area (TPSA) is 14.1 Å². The minimum Gasteiger partial charge on any atom is -0.661 e. The summed E-state index contributed by atoms with van der Waals surface area (Å²) < 4.78 is 76.6. The summed E-state index contributed by atoms with van der Waals surface area (Å²) in [4.78, 5) is 3.99. The van der Waals surface area contributed by atoms with E-state index in [1.807, 2.05) is 0 Å². The molecule has 0 aliphatic rings. The maximum absolute atomic E-state index is 12.8. The van der Waals surface area contributed by atoms with Crippen molar-refractivity contribution in [2.75, 3.05) is 0 Å². The average molecular weight is 329 g/mol. The van der Waals surface area contributed by atoms with E-state index >= 15 is 0 Å². The average Bonchev–Trinajstić information content (AvgIpc) is 2.65. The van der Waals surface area contributed by atoms with E-state index in [4.69, 9.17) is 0 Å². The quantitative estimate of drug-likeness (QED) is 0.576. The molecule has 0 saturated carbocycles. The fourth-order valence-corrected chi connectivity index (χ4v) is 2.06. The molecule has 0 saturated heterocycles. The SMILES string of the molecule is Cc1cc(C)c(-c2cc(C(F)(F)F)cc(C(F)(F)F)c2)[n-]1.[Na+]. The van der Waals surface area contributed by atoms with Gasteiger partial charge in [-0.3, -0.25) is 0 Å². The molecule has 0 fully saturated rings. The van der Waals surface area contributed by atoms with Crippen molar-refractivity contribution < 1.29 is 55.9 Å². The summed E-state index contributed by atoms with van der Waals surface area (Å²) in [6, 6.07) is 3.07. The monoisotopic (exact) mass is 329 g/mol. The molecule has 8 heteroatoms. The Balaban J connectivity index is 0.00000242. The predicted octanol–water partition coefficient (Wildman–Crippen LogP) is 1.97. The smallest absolute Gasteiger partial charge is 0.661 e. The molecule has 22 heavy (non-hydrogen) atoms. The van der Waals surface area contributed by atoms with Crippen molar-refractivity contribution in [2.24, 2.45) is 0 Å². The molecule has 0 aliphatic heterocycles. The van der Waals surface area contributed by atoms with Crippen molar-refractivity contribution in [1.29, 1.82) is 0 Å². The van der Waals surface area contributed by atoms with Crippen molar-refractivity contribution in [1.82, 2.24) is 4.98 Å². The van der Waals surface area contributed by atoms with Crippen LogP contribution in [-0.4, -0.2) is 0 Å². The van der Waals surface area contributed by atoms with Crippen LogP contribution >= 0.6 is 0 Å². The normalized spacial score (nSPS) is 12.2. The minimum absolute atomic E-state index is 0. The van der Waals surface area contributed by atoms with E-state index in [-0.39, 0.29) is 46.9 Å². The van der Waals surface area contributed by atoms with E-state index in [2.05, 4.69) is 4.98 Å². The summed E-state index contributed by atoms with van der Waals surface area (Å²) in [6.45, 7) is 3.21. The standard InChI is InChI=1S/C14H10F6N.Na/c1-7-3-8(2)21-12(7)9-4-10(13(15,16)17)6-11(5-9)14(18,19)20;/h3-6H,1-2H3;/q-1;+1. The molecule has 114 valence electrons. The molecule has 2 rings (SSSR count). The van der Waals surface area contributed by atoms with Crippen molar-refractivity contribution in [3.8, 4) is 11.3 Å². The van der Waals surface area contributed by atoms with E-state index in [1.54, 1.807) is 19.9 Å². The molecule has 0 radical (unpaired) electrons. The van der Waals surface area contributed by atoms with Gasteiger partial charge in [-0.1, -0.05) is 18.6 Å². The third-order valence-corrected chi connectivity index (χ3v) is 2.95. The fraction of sp³-hybridized carbons (Fsp3) is 0.286. The molecule has 1 nitrogen and oxygen atoms in total. The molecule has 1 heterocycles. The molecule has 0 N–H and O–H groups in total. The number of aromatic nitrogens is 1. The minimum atomic E-state index is -4.86. The molecule has 0 bridgehead atoms. The first-order valence-electron chi connectivity index (χ1n) is 5.89. The van der Waals surface area contributed by atoms with Crippen LogP contribution in [0.1, 0.15) is 22.4 Å². The number of hydrogen-bond acceptors (Lipinski definition) is 0. The molecular formula is C14H10F6NNa. The number of rotatable bonds is 1. The summed E-state index contributed by atoms with van der Waals surface area (Å²) in [7, 11) is 0. The van der Waals surface area contributed by atoms with Gasteiger partial charge in [0, 0.05) is 0 Å². The van der Waals surface area contributed by atoms with Crippen LogP contribution in [0, 0.1) is 13.8 Å². The number of hydrogen-bond donors (Lipinski definition) is 0. The zero-order chi connectivity index (χ0) is 16.0. The number of aryl methyl sites for hydroxylation is 2. The van der Waals surface area contributed by atoms with Gasteiger partial charge in [-0.15, -0.1) is 5.69 Å². The van der Waals surface area contributed by atoms with Gasteiger partial charge < -0.3 is 4.98 Å². The van der Waals surface area contributed by atoms with Gasteiger partial charge >= 0.3 is 41.9 Å². The molecule has 0 atom stereocenters. The van der Waals surface area contributed by atoms with Crippen LogP contribution in [0.4, 0.5) is 26.3 Å². The maximum atomic E-state index is 12.8. The molecule has 0 aliphatic carbocycles. The van der Waals surface area contributed by atoms with Crippen LogP contribution in [0.3, 0.4) is 0 Å². The Kier molecular flexibility index (Phi) is 5.47. The van der Waals surface area contributed by atoms with Gasteiger partial charge in [-0.2, -0.15) is 32.0 Å². The van der Waals surface area contributed by atoms with Crippen molar-refractivity contribution in [3.63, 3.8) is 0 Å². The number of alkyl halides is 6. The molecule has 1 aromatic heterocycles. The first-order valence-corrected chi connectivity index (χ1v) is 5.89. The van der Waals surface area contributed by atoms with Crippen molar-refractivity contribution in [2.45, 2.75) is 26.2 Å². The third kappa shape index (κ3) is 4.08. The van der Waals surface area contributed by atoms with Crippen LogP contribution in [-0.2, 0) is 12.4 Å². The second kappa shape index (κ2) is 6.29. The molecule has 1 aromatic carbocycles. The van der Waals surface area contributed by atoms with Crippen LogP contribution in [0.2, 0.25) is 0 Å². The van der Waals surface area contributed by atoms with Crippen LogP contribution in [0.5, 0.6) is 0 Å². The summed E-state index contributed by atoms with van der Waals surface area (Å²) in [5.74, 6) is 0. The predicted molar refractivity (Wildman–Crippen MR) is 64.7 cm³/mol. The Labute approximate surface area is 145 Å². The Bertz CT molecular complexity index is 637. The van der Waals surface area contributed by atoms with Gasteiger partial charge in [0.25, 0.3) is 0 Å². The first kappa shape index (κ1) is 19.1. The third-order valence-electron chi connectivity index (χ3n) is 2.95. The van der Waals surface area contributed by atoms with Gasteiger partial charge in [0.1, 0.15) is 0 Å². The summed E-state index contributed by atoms with van der Waals surface area (Å²) in [5.41, 5.74) is -1.68. The Morgan fingerprint density at radius 3 is 1.55 bits per heavy atom. The van der Waals surface area contributed by atoms with Gasteiger partial charge in [-0.05, 0) is 30.7 Å². The molecular weight excluding hydrogens is 319 g/mol.